The Hall–Kier alpha value is -2.88. The summed E-state index contributed by atoms with van der Waals surface area (Å²) in [6, 6.07) is 13.2. The number of nitrogens with one attached hydrogen (secondary N) is 2. The van der Waals surface area contributed by atoms with Gasteiger partial charge < -0.3 is 19.9 Å². The maximum atomic E-state index is 13.3. The molecule has 2 aromatic carbocycles. The van der Waals surface area contributed by atoms with E-state index < -0.39 is 10.0 Å². The number of rotatable bonds is 7. The highest BCUT2D eigenvalue weighted by Crippen LogP contribution is 2.32. The molecule has 3 heterocycles. The van der Waals surface area contributed by atoms with Gasteiger partial charge in [-0.25, -0.2) is 8.42 Å². The molecule has 5 rings (SSSR count). The van der Waals surface area contributed by atoms with Gasteiger partial charge in [-0.1, -0.05) is 18.2 Å². The minimum atomic E-state index is -3.66. The zero-order valence-corrected chi connectivity index (χ0v) is 20.6. The van der Waals surface area contributed by atoms with E-state index in [1.165, 1.54) is 10.7 Å². The smallest absolute Gasteiger partial charge is 0.243 e. The van der Waals surface area contributed by atoms with Crippen molar-refractivity contribution >= 4 is 38.2 Å². The van der Waals surface area contributed by atoms with Crippen LogP contribution in [0.4, 0.5) is 11.4 Å². The highest BCUT2D eigenvalue weighted by Gasteiger charge is 2.28. The van der Waals surface area contributed by atoms with Gasteiger partial charge in [0.05, 0.1) is 29.5 Å². The fraction of sp³-hybridized carbons (Fsp3) is 0.423. The highest BCUT2D eigenvalue weighted by atomic mass is 32.2. The lowest BCUT2D eigenvalue weighted by atomic mass is 10.1. The normalized spacial score (nSPS) is 17.5. The molecule has 2 N–H and O–H groups in total. The Morgan fingerprint density at radius 2 is 1.77 bits per heavy atom. The second-order valence-electron chi connectivity index (χ2n) is 9.15. The first-order valence-electron chi connectivity index (χ1n) is 12.3. The number of morpholine rings is 1. The van der Waals surface area contributed by atoms with Gasteiger partial charge in [-0.05, 0) is 55.5 Å². The number of anilines is 2. The summed E-state index contributed by atoms with van der Waals surface area (Å²) in [5, 5.41) is 4.15. The van der Waals surface area contributed by atoms with Gasteiger partial charge in [0.1, 0.15) is 0 Å². The number of para-hydroxylation sites is 1. The number of sulfonamides is 1. The Kier molecular flexibility index (Phi) is 7.08. The van der Waals surface area contributed by atoms with Crippen molar-refractivity contribution < 1.29 is 17.9 Å². The molecule has 1 amide bonds. The molecule has 0 radical (unpaired) electrons. The predicted molar refractivity (Wildman–Crippen MR) is 137 cm³/mol. The van der Waals surface area contributed by atoms with Crippen LogP contribution in [0, 0.1) is 0 Å². The average molecular weight is 497 g/mol. The summed E-state index contributed by atoms with van der Waals surface area (Å²) in [7, 11) is -3.66. The third-order valence-corrected chi connectivity index (χ3v) is 8.74. The first-order valence-corrected chi connectivity index (χ1v) is 13.8. The molecule has 2 saturated heterocycles. The molecular formula is C26H32N4O4S. The number of piperidine rings is 1. The number of ether oxygens (including phenoxy) is 1. The van der Waals surface area contributed by atoms with Crippen molar-refractivity contribution in [1.82, 2.24) is 9.29 Å². The fourth-order valence-corrected chi connectivity index (χ4v) is 6.36. The first kappa shape index (κ1) is 23.8. The number of carbonyl (C=O) groups excluding carboxylic acids is 1. The summed E-state index contributed by atoms with van der Waals surface area (Å²) in [5.41, 5.74) is 3.59. The van der Waals surface area contributed by atoms with Gasteiger partial charge in [0, 0.05) is 49.7 Å². The SMILES string of the molecule is O=C(CCc1c[nH]c2ccccc12)Nc1cc(S(=O)(=O)N2CCOCC2)ccc1N1CCCCC1. The highest BCUT2D eigenvalue weighted by molar-refractivity contribution is 7.89. The number of aromatic amines is 1. The first-order chi connectivity index (χ1) is 17.0. The monoisotopic (exact) mass is 496 g/mol. The largest absolute Gasteiger partial charge is 0.379 e. The Morgan fingerprint density at radius 3 is 2.57 bits per heavy atom. The lowest BCUT2D eigenvalue weighted by Gasteiger charge is -2.31. The Bertz CT molecular complexity index is 1290. The second-order valence-corrected chi connectivity index (χ2v) is 11.1. The lowest BCUT2D eigenvalue weighted by molar-refractivity contribution is -0.116. The third kappa shape index (κ3) is 5.22. The van der Waals surface area contributed by atoms with Crippen molar-refractivity contribution in [3.05, 3.63) is 54.2 Å². The van der Waals surface area contributed by atoms with E-state index in [1.54, 1.807) is 12.1 Å². The van der Waals surface area contributed by atoms with Crippen LogP contribution in [-0.4, -0.2) is 63.0 Å². The molecule has 8 nitrogen and oxygen atoms in total. The summed E-state index contributed by atoms with van der Waals surface area (Å²) in [4.78, 5) is 18.7. The zero-order valence-electron chi connectivity index (χ0n) is 19.8. The summed E-state index contributed by atoms with van der Waals surface area (Å²) in [5.74, 6) is -0.130. The maximum absolute atomic E-state index is 13.3. The minimum Gasteiger partial charge on any atom is -0.379 e. The Labute approximate surface area is 206 Å². The van der Waals surface area contributed by atoms with E-state index in [1.807, 2.05) is 36.5 Å². The van der Waals surface area contributed by atoms with Crippen molar-refractivity contribution in [3.8, 4) is 0 Å². The number of aromatic nitrogens is 1. The summed E-state index contributed by atoms with van der Waals surface area (Å²) < 4.78 is 33.3. The molecule has 0 unspecified atom stereocenters. The molecule has 2 aliphatic heterocycles. The van der Waals surface area contributed by atoms with E-state index in [2.05, 4.69) is 15.2 Å². The minimum absolute atomic E-state index is 0.130. The Balaban J connectivity index is 1.37. The van der Waals surface area contributed by atoms with E-state index in [9.17, 15) is 13.2 Å². The quantitative estimate of drug-likeness (QED) is 0.520. The lowest BCUT2D eigenvalue weighted by Crippen LogP contribution is -2.40. The van der Waals surface area contributed by atoms with E-state index in [4.69, 9.17) is 4.74 Å². The molecule has 2 aliphatic rings. The van der Waals surface area contributed by atoms with Gasteiger partial charge >= 0.3 is 0 Å². The van der Waals surface area contributed by atoms with Crippen LogP contribution in [0.3, 0.4) is 0 Å². The van der Waals surface area contributed by atoms with Crippen LogP contribution in [0.15, 0.2) is 53.6 Å². The molecule has 186 valence electrons. The van der Waals surface area contributed by atoms with Crippen molar-refractivity contribution in [3.63, 3.8) is 0 Å². The van der Waals surface area contributed by atoms with E-state index >= 15 is 0 Å². The molecule has 0 aliphatic carbocycles. The van der Waals surface area contributed by atoms with Crippen molar-refractivity contribution in [1.29, 1.82) is 0 Å². The number of fused-ring (bicyclic) bond motifs is 1. The van der Waals surface area contributed by atoms with Crippen molar-refractivity contribution in [2.24, 2.45) is 0 Å². The van der Waals surface area contributed by atoms with Crippen LogP contribution in [0.5, 0.6) is 0 Å². The van der Waals surface area contributed by atoms with Crippen molar-refractivity contribution in [2.45, 2.75) is 37.0 Å². The number of benzene rings is 2. The van der Waals surface area contributed by atoms with E-state index in [-0.39, 0.29) is 10.8 Å². The molecule has 2 fully saturated rings. The molecule has 0 bridgehead atoms. The zero-order chi connectivity index (χ0) is 24.3. The van der Waals surface area contributed by atoms with Crippen LogP contribution in [0.2, 0.25) is 0 Å². The van der Waals surface area contributed by atoms with Crippen molar-refractivity contribution in [2.75, 3.05) is 49.6 Å². The molecular weight excluding hydrogens is 464 g/mol. The fourth-order valence-electron chi connectivity index (χ4n) is 4.92. The van der Waals surface area contributed by atoms with Crippen LogP contribution in [-0.2, 0) is 26.0 Å². The second kappa shape index (κ2) is 10.4. The van der Waals surface area contributed by atoms with Crippen LogP contribution < -0.4 is 10.2 Å². The maximum Gasteiger partial charge on any atom is 0.243 e. The molecule has 3 aromatic rings. The van der Waals surface area contributed by atoms with Gasteiger partial charge in [-0.2, -0.15) is 4.31 Å². The number of aryl methyl sites for hydroxylation is 1. The molecule has 1 aromatic heterocycles. The number of hydrogen-bond acceptors (Lipinski definition) is 5. The number of hydrogen-bond donors (Lipinski definition) is 2. The molecule has 35 heavy (non-hydrogen) atoms. The average Bonchev–Trinajstić information content (AvgIpc) is 3.31. The van der Waals surface area contributed by atoms with Crippen LogP contribution >= 0.6 is 0 Å². The third-order valence-electron chi connectivity index (χ3n) is 6.84. The molecule has 0 saturated carbocycles. The number of nitrogens with zero attached hydrogens (tertiary/aromatic N) is 2. The summed E-state index contributed by atoms with van der Waals surface area (Å²) >= 11 is 0. The topological polar surface area (TPSA) is 94.7 Å². The number of H-pyrrole nitrogens is 1. The number of amides is 1. The van der Waals surface area contributed by atoms with Gasteiger partial charge in [-0.15, -0.1) is 0 Å². The molecule has 9 heteroatoms. The number of carbonyl (C=O) groups is 1. The van der Waals surface area contributed by atoms with Gasteiger partial charge in [0.2, 0.25) is 15.9 Å². The van der Waals surface area contributed by atoms with Gasteiger partial charge in [-0.3, -0.25) is 4.79 Å². The standard InChI is InChI=1S/C26H32N4O4S/c31-26(11-8-20-19-27-23-7-3-2-6-22(20)23)28-24-18-21(35(32,33)30-14-16-34-17-15-30)9-10-25(24)29-12-4-1-5-13-29/h2-3,6-7,9-10,18-19,27H,1,4-5,8,11-17H2,(H,28,31). The predicted octanol–water partition coefficient (Wildman–Crippen LogP) is 3.75. The van der Waals surface area contributed by atoms with Gasteiger partial charge in [0.15, 0.2) is 0 Å². The Morgan fingerprint density at radius 1 is 1.00 bits per heavy atom. The molecule has 0 atom stereocenters. The summed E-state index contributed by atoms with van der Waals surface area (Å²) in [6.07, 6.45) is 6.21. The molecule has 0 spiro atoms. The summed E-state index contributed by atoms with van der Waals surface area (Å²) in [6.45, 7) is 3.25. The van der Waals surface area contributed by atoms with Gasteiger partial charge in [0.25, 0.3) is 0 Å². The van der Waals surface area contributed by atoms with Crippen LogP contribution in [0.25, 0.3) is 10.9 Å². The van der Waals surface area contributed by atoms with Crippen LogP contribution in [0.1, 0.15) is 31.2 Å². The van der Waals surface area contributed by atoms with E-state index in [0.717, 1.165) is 48.1 Å². The van der Waals surface area contributed by atoms with E-state index in [0.29, 0.717) is 44.8 Å².